The minimum Gasteiger partial charge on any atom is -0.465 e. The predicted molar refractivity (Wildman–Crippen MR) is 126 cm³/mol. The first-order chi connectivity index (χ1) is 17.2. The molecule has 0 aliphatic heterocycles. The molecule has 4 rings (SSSR count). The number of aryl methyl sites for hydroxylation is 1. The molecule has 0 aliphatic carbocycles. The van der Waals surface area contributed by atoms with Gasteiger partial charge in [-0.15, -0.1) is 13.2 Å². The molecule has 3 N–H and O–H groups in total. The van der Waals surface area contributed by atoms with Crippen molar-refractivity contribution in [3.8, 4) is 17.2 Å². The lowest BCUT2D eigenvalue weighted by atomic mass is 10.2. The summed E-state index contributed by atoms with van der Waals surface area (Å²) in [6.07, 6.45) is -2.07. The summed E-state index contributed by atoms with van der Waals surface area (Å²) in [5.41, 5.74) is 2.01. The van der Waals surface area contributed by atoms with Gasteiger partial charge in [-0.05, 0) is 42.8 Å². The molecule has 2 aromatic carbocycles. The highest BCUT2D eigenvalue weighted by molar-refractivity contribution is 6.32. The van der Waals surface area contributed by atoms with Crippen LogP contribution in [0.15, 0.2) is 61.1 Å². The van der Waals surface area contributed by atoms with Crippen molar-refractivity contribution in [1.82, 2.24) is 19.9 Å². The van der Waals surface area contributed by atoms with Crippen LogP contribution in [0.4, 0.5) is 29.5 Å². The number of ether oxygens (including phenoxy) is 2. The Hall–Kier alpha value is -4.19. The van der Waals surface area contributed by atoms with Crippen molar-refractivity contribution in [3.63, 3.8) is 0 Å². The van der Waals surface area contributed by atoms with Gasteiger partial charge in [-0.25, -0.2) is 14.8 Å². The molecule has 0 saturated carbocycles. The van der Waals surface area contributed by atoms with Crippen molar-refractivity contribution in [3.05, 3.63) is 66.1 Å². The Morgan fingerprint density at radius 3 is 2.67 bits per heavy atom. The normalized spacial score (nSPS) is 11.3. The summed E-state index contributed by atoms with van der Waals surface area (Å²) in [6, 6.07) is 11.8. The van der Waals surface area contributed by atoms with E-state index in [0.29, 0.717) is 36.5 Å². The van der Waals surface area contributed by atoms with Crippen molar-refractivity contribution in [2.45, 2.75) is 19.3 Å². The van der Waals surface area contributed by atoms with Crippen LogP contribution in [-0.2, 0) is 6.54 Å². The van der Waals surface area contributed by atoms with Crippen LogP contribution in [-0.4, -0.2) is 38.6 Å². The number of anilines is 2. The minimum absolute atomic E-state index is 0.118. The first-order valence-corrected chi connectivity index (χ1v) is 10.9. The SMILES string of the molecule is O=C(O)NCCCn1ccc2ncnc(Nc3ccc(Oc4cccc(OC(F)(F)F)c4)c(Cl)c3)c21. The molecule has 0 saturated heterocycles. The number of aromatic nitrogens is 3. The van der Waals surface area contributed by atoms with Gasteiger partial charge in [-0.2, -0.15) is 0 Å². The van der Waals surface area contributed by atoms with Gasteiger partial charge in [0, 0.05) is 31.0 Å². The highest BCUT2D eigenvalue weighted by Crippen LogP contribution is 2.35. The standard InChI is InChI=1S/C23H19ClF3N5O4/c24-17-11-14(5-6-19(17)35-15-3-1-4-16(12-15)36-23(25,26)27)31-21-20-18(29-13-30-21)7-10-32(20)9-2-8-28-22(33)34/h1,3-7,10-13,28H,2,8-9H2,(H,33,34)(H,29,30,31). The number of halogens is 4. The van der Waals surface area contributed by atoms with E-state index in [1.807, 2.05) is 16.8 Å². The van der Waals surface area contributed by atoms with Gasteiger partial charge in [0.15, 0.2) is 5.82 Å². The average molecular weight is 522 g/mol. The Labute approximate surface area is 207 Å². The van der Waals surface area contributed by atoms with E-state index in [9.17, 15) is 18.0 Å². The van der Waals surface area contributed by atoms with Crippen LogP contribution in [0.3, 0.4) is 0 Å². The van der Waals surface area contributed by atoms with E-state index in [1.54, 1.807) is 18.2 Å². The third kappa shape index (κ3) is 6.48. The van der Waals surface area contributed by atoms with Gasteiger partial charge < -0.3 is 29.8 Å². The molecule has 4 aromatic rings. The van der Waals surface area contributed by atoms with Crippen LogP contribution in [0.5, 0.6) is 17.2 Å². The number of alkyl halides is 3. The molecule has 188 valence electrons. The molecule has 0 unspecified atom stereocenters. The maximum atomic E-state index is 12.5. The Bertz CT molecular complexity index is 1380. The lowest BCUT2D eigenvalue weighted by Gasteiger charge is -2.13. The number of fused-ring (bicyclic) bond motifs is 1. The quantitative estimate of drug-likeness (QED) is 0.226. The van der Waals surface area contributed by atoms with Crippen LogP contribution in [0.1, 0.15) is 6.42 Å². The van der Waals surface area contributed by atoms with Gasteiger partial charge in [-0.1, -0.05) is 17.7 Å². The fourth-order valence-corrected chi connectivity index (χ4v) is 3.63. The summed E-state index contributed by atoms with van der Waals surface area (Å²) < 4.78 is 48.9. The number of hydrogen-bond donors (Lipinski definition) is 3. The summed E-state index contributed by atoms with van der Waals surface area (Å²) >= 11 is 6.36. The van der Waals surface area contributed by atoms with Crippen molar-refractivity contribution < 1.29 is 32.5 Å². The van der Waals surface area contributed by atoms with Crippen LogP contribution >= 0.6 is 11.6 Å². The molecular weight excluding hydrogens is 503 g/mol. The van der Waals surface area contributed by atoms with Gasteiger partial charge in [0.25, 0.3) is 0 Å². The molecule has 1 amide bonds. The lowest BCUT2D eigenvalue weighted by molar-refractivity contribution is -0.274. The Balaban J connectivity index is 1.49. The maximum Gasteiger partial charge on any atom is 0.573 e. The summed E-state index contributed by atoms with van der Waals surface area (Å²) in [6.45, 7) is 0.838. The van der Waals surface area contributed by atoms with Gasteiger partial charge >= 0.3 is 12.5 Å². The van der Waals surface area contributed by atoms with Gasteiger partial charge in [0.2, 0.25) is 0 Å². The Morgan fingerprint density at radius 1 is 1.11 bits per heavy atom. The van der Waals surface area contributed by atoms with Crippen molar-refractivity contribution in [2.24, 2.45) is 0 Å². The largest absolute Gasteiger partial charge is 0.573 e. The molecule has 2 heterocycles. The fraction of sp³-hybridized carbons (Fsp3) is 0.174. The van der Waals surface area contributed by atoms with E-state index >= 15 is 0 Å². The number of carboxylic acid groups (broad SMARTS) is 1. The molecule has 0 bridgehead atoms. The molecule has 36 heavy (non-hydrogen) atoms. The maximum absolute atomic E-state index is 12.5. The molecule has 9 nitrogen and oxygen atoms in total. The van der Waals surface area contributed by atoms with E-state index < -0.39 is 18.2 Å². The molecule has 0 aliphatic rings. The molecule has 0 spiro atoms. The van der Waals surface area contributed by atoms with Crippen LogP contribution in [0, 0.1) is 0 Å². The highest BCUT2D eigenvalue weighted by Gasteiger charge is 2.31. The molecule has 0 atom stereocenters. The zero-order valence-corrected chi connectivity index (χ0v) is 19.2. The lowest BCUT2D eigenvalue weighted by Crippen LogP contribution is -2.22. The van der Waals surface area contributed by atoms with Gasteiger partial charge in [0.1, 0.15) is 29.1 Å². The van der Waals surface area contributed by atoms with Crippen molar-refractivity contribution in [2.75, 3.05) is 11.9 Å². The van der Waals surface area contributed by atoms with E-state index in [-0.39, 0.29) is 16.5 Å². The summed E-state index contributed by atoms with van der Waals surface area (Å²) in [4.78, 5) is 19.2. The number of hydrogen-bond acceptors (Lipinski definition) is 6. The molecule has 0 fully saturated rings. The first kappa shape index (κ1) is 24.9. The second kappa shape index (κ2) is 10.6. The van der Waals surface area contributed by atoms with Crippen LogP contribution < -0.4 is 20.1 Å². The fourth-order valence-electron chi connectivity index (χ4n) is 3.42. The number of benzene rings is 2. The second-order valence-electron chi connectivity index (χ2n) is 7.45. The third-order valence-corrected chi connectivity index (χ3v) is 5.16. The number of nitrogens with one attached hydrogen (secondary N) is 2. The van der Waals surface area contributed by atoms with E-state index in [2.05, 4.69) is 25.3 Å². The van der Waals surface area contributed by atoms with E-state index in [4.69, 9.17) is 21.4 Å². The first-order valence-electron chi connectivity index (χ1n) is 10.5. The summed E-state index contributed by atoms with van der Waals surface area (Å²) in [5.74, 6) is 0.447. The Kier molecular flexibility index (Phi) is 7.34. The topological polar surface area (TPSA) is 111 Å². The predicted octanol–water partition coefficient (Wildman–Crippen LogP) is 6.18. The number of nitrogens with zero attached hydrogens (tertiary/aromatic N) is 3. The number of rotatable bonds is 9. The molecular formula is C23H19ClF3N5O4. The number of amides is 1. The molecule has 2 aromatic heterocycles. The summed E-state index contributed by atoms with van der Waals surface area (Å²) in [5, 5.41) is 14.4. The molecule has 0 radical (unpaired) electrons. The van der Waals surface area contributed by atoms with Crippen molar-refractivity contribution >= 4 is 40.2 Å². The third-order valence-electron chi connectivity index (χ3n) is 4.86. The zero-order chi connectivity index (χ0) is 25.7. The number of carbonyl (C=O) groups is 1. The summed E-state index contributed by atoms with van der Waals surface area (Å²) in [7, 11) is 0. The smallest absolute Gasteiger partial charge is 0.465 e. The van der Waals surface area contributed by atoms with Gasteiger partial charge in [0.05, 0.1) is 10.5 Å². The minimum atomic E-state index is -4.81. The second-order valence-corrected chi connectivity index (χ2v) is 7.85. The Morgan fingerprint density at radius 2 is 1.92 bits per heavy atom. The van der Waals surface area contributed by atoms with Crippen LogP contribution in [0.2, 0.25) is 5.02 Å². The van der Waals surface area contributed by atoms with E-state index in [0.717, 1.165) is 17.6 Å². The average Bonchev–Trinajstić information content (AvgIpc) is 3.22. The monoisotopic (exact) mass is 521 g/mol. The zero-order valence-electron chi connectivity index (χ0n) is 18.4. The van der Waals surface area contributed by atoms with Crippen molar-refractivity contribution in [1.29, 1.82) is 0 Å². The van der Waals surface area contributed by atoms with E-state index in [1.165, 1.54) is 18.5 Å². The molecule has 13 heteroatoms. The van der Waals surface area contributed by atoms with Crippen LogP contribution in [0.25, 0.3) is 11.0 Å². The van der Waals surface area contributed by atoms with Gasteiger partial charge in [-0.3, -0.25) is 0 Å². The highest BCUT2D eigenvalue weighted by atomic mass is 35.5.